The molecule has 0 aromatic carbocycles. The van der Waals surface area contributed by atoms with Crippen LogP contribution < -0.4 is 5.73 Å². The molecule has 8 atom stereocenters. The van der Waals surface area contributed by atoms with Crippen molar-refractivity contribution in [3.8, 4) is 0 Å². The molecule has 3 fully saturated rings. The van der Waals surface area contributed by atoms with Gasteiger partial charge in [0.15, 0.2) is 0 Å². The van der Waals surface area contributed by atoms with Gasteiger partial charge in [-0.2, -0.15) is 0 Å². The Bertz CT molecular complexity index is 763. The van der Waals surface area contributed by atoms with Gasteiger partial charge in [-0.05, 0) is 90.9 Å². The third-order valence-electron chi connectivity index (χ3n) is 10.4. The number of aliphatic hydroxyl groups is 1. The molecular weight excluding hydrogens is 366 g/mol. The summed E-state index contributed by atoms with van der Waals surface area (Å²) in [6.45, 7) is 14.3. The average Bonchev–Trinajstić information content (AvgIpc) is 2.97. The predicted molar refractivity (Wildman–Crippen MR) is 127 cm³/mol. The van der Waals surface area contributed by atoms with Gasteiger partial charge in [-0.3, -0.25) is 0 Å². The molecule has 0 aliphatic heterocycles. The van der Waals surface area contributed by atoms with Crippen LogP contribution in [0.25, 0.3) is 0 Å². The van der Waals surface area contributed by atoms with Crippen LogP contribution in [0.2, 0.25) is 0 Å². The highest BCUT2D eigenvalue weighted by molar-refractivity contribution is 5.44. The van der Waals surface area contributed by atoms with Crippen LogP contribution in [0.3, 0.4) is 0 Å². The predicted octanol–water partition coefficient (Wildman–Crippen LogP) is 6.41. The Labute approximate surface area is 185 Å². The Morgan fingerprint density at radius 2 is 1.73 bits per heavy atom. The lowest BCUT2D eigenvalue weighted by molar-refractivity contribution is 0.0258. The largest absolute Gasteiger partial charge is 0.393 e. The molecule has 0 radical (unpaired) electrons. The highest BCUT2D eigenvalue weighted by Crippen LogP contribution is 2.66. The molecule has 0 heterocycles. The van der Waals surface area contributed by atoms with Crippen molar-refractivity contribution in [3.05, 3.63) is 35.5 Å². The number of allylic oxidation sites excluding steroid dienone is 4. The molecule has 0 aromatic rings. The molecule has 2 heteroatoms. The molecule has 0 aromatic heterocycles. The standard InChI is InChI=1S/C28H45NO/c1-18(2)19(3)7-8-20(4)23-13-16-28(29)25-10-9-21-17-22(30)11-14-26(21,5)24(25)12-15-27(23,28)6/h7-10,18-20,22-24,30H,11-17,29H2,1-6H3/b8-7+/t19-,20?,22-,23+,24-,26-,27+,28+/m0/s1. The fraction of sp³-hybridized carbons (Fsp3) is 0.786. The lowest BCUT2D eigenvalue weighted by atomic mass is 9.47. The van der Waals surface area contributed by atoms with Crippen molar-refractivity contribution in [2.45, 2.75) is 98.1 Å². The quantitative estimate of drug-likeness (QED) is 0.525. The number of rotatable bonds is 4. The van der Waals surface area contributed by atoms with E-state index in [1.54, 1.807) is 0 Å². The average molecular weight is 412 g/mol. The van der Waals surface area contributed by atoms with Gasteiger partial charge in [0.05, 0.1) is 6.10 Å². The van der Waals surface area contributed by atoms with Gasteiger partial charge in [-0.1, -0.05) is 71.4 Å². The van der Waals surface area contributed by atoms with Crippen molar-refractivity contribution in [2.75, 3.05) is 0 Å². The number of hydrogen-bond donors (Lipinski definition) is 2. The van der Waals surface area contributed by atoms with Crippen LogP contribution >= 0.6 is 0 Å². The Morgan fingerprint density at radius 3 is 2.43 bits per heavy atom. The van der Waals surface area contributed by atoms with E-state index in [2.05, 4.69) is 65.8 Å². The summed E-state index contributed by atoms with van der Waals surface area (Å²) in [5, 5.41) is 10.2. The van der Waals surface area contributed by atoms with Gasteiger partial charge in [0.1, 0.15) is 0 Å². The summed E-state index contributed by atoms with van der Waals surface area (Å²) < 4.78 is 0. The first kappa shape index (κ1) is 22.3. The van der Waals surface area contributed by atoms with Crippen LogP contribution in [0.1, 0.15) is 86.5 Å². The Balaban J connectivity index is 1.63. The maximum atomic E-state index is 10.2. The second-order valence-electron chi connectivity index (χ2n) is 12.1. The van der Waals surface area contributed by atoms with Crippen molar-refractivity contribution in [1.82, 2.24) is 0 Å². The SMILES string of the molecule is CC(/C=C/[C@H](C)C(C)C)[C@H]1CC[C@@]2(N)C3=CC=C4C[C@@H](O)CC[C@]4(C)[C@H]3CC[C@]12C. The first-order chi connectivity index (χ1) is 14.0. The van der Waals surface area contributed by atoms with Crippen LogP contribution in [0.5, 0.6) is 0 Å². The second-order valence-corrected chi connectivity index (χ2v) is 12.1. The fourth-order valence-electron chi connectivity index (χ4n) is 7.65. The minimum Gasteiger partial charge on any atom is -0.393 e. The van der Waals surface area contributed by atoms with E-state index in [0.717, 1.165) is 25.7 Å². The van der Waals surface area contributed by atoms with Crippen molar-refractivity contribution in [2.24, 2.45) is 46.2 Å². The Morgan fingerprint density at radius 1 is 1.00 bits per heavy atom. The molecule has 4 aliphatic rings. The third kappa shape index (κ3) is 3.20. The Kier molecular flexibility index (Phi) is 5.68. The van der Waals surface area contributed by atoms with Crippen LogP contribution in [0, 0.1) is 40.4 Å². The molecule has 30 heavy (non-hydrogen) atoms. The van der Waals surface area contributed by atoms with Crippen molar-refractivity contribution < 1.29 is 5.11 Å². The van der Waals surface area contributed by atoms with Gasteiger partial charge in [0.25, 0.3) is 0 Å². The lowest BCUT2D eigenvalue weighted by Crippen LogP contribution is -2.61. The maximum Gasteiger partial charge on any atom is 0.0578 e. The van der Waals surface area contributed by atoms with E-state index in [4.69, 9.17) is 5.73 Å². The highest BCUT2D eigenvalue weighted by atomic mass is 16.3. The molecule has 4 rings (SSSR count). The topological polar surface area (TPSA) is 46.2 Å². The summed E-state index contributed by atoms with van der Waals surface area (Å²) in [5.74, 6) is 3.12. The van der Waals surface area contributed by atoms with E-state index in [1.807, 2.05) is 0 Å². The minimum absolute atomic E-state index is 0.156. The smallest absolute Gasteiger partial charge is 0.0578 e. The molecule has 2 nitrogen and oxygen atoms in total. The van der Waals surface area contributed by atoms with E-state index in [9.17, 15) is 5.11 Å². The maximum absolute atomic E-state index is 10.2. The molecule has 168 valence electrons. The van der Waals surface area contributed by atoms with Gasteiger partial charge in [0, 0.05) is 5.54 Å². The van der Waals surface area contributed by atoms with Gasteiger partial charge in [-0.25, -0.2) is 0 Å². The molecule has 3 saturated carbocycles. The van der Waals surface area contributed by atoms with Crippen molar-refractivity contribution >= 4 is 0 Å². The summed E-state index contributed by atoms with van der Waals surface area (Å²) in [6.07, 6.45) is 17.3. The van der Waals surface area contributed by atoms with Gasteiger partial charge in [0.2, 0.25) is 0 Å². The Hall–Kier alpha value is -0.860. The lowest BCUT2D eigenvalue weighted by Gasteiger charge is -2.59. The third-order valence-corrected chi connectivity index (χ3v) is 10.4. The summed E-state index contributed by atoms with van der Waals surface area (Å²) in [6, 6.07) is 0. The second kappa shape index (κ2) is 7.62. The molecule has 0 bridgehead atoms. The number of aliphatic hydroxyl groups excluding tert-OH is 1. The van der Waals surface area contributed by atoms with Crippen LogP contribution in [0.4, 0.5) is 0 Å². The first-order valence-electron chi connectivity index (χ1n) is 12.6. The monoisotopic (exact) mass is 411 g/mol. The molecule has 0 saturated heterocycles. The van der Waals surface area contributed by atoms with Crippen molar-refractivity contribution in [3.63, 3.8) is 0 Å². The van der Waals surface area contributed by atoms with Crippen molar-refractivity contribution in [1.29, 1.82) is 0 Å². The van der Waals surface area contributed by atoms with E-state index >= 15 is 0 Å². The zero-order valence-electron chi connectivity index (χ0n) is 20.2. The van der Waals surface area contributed by atoms with Gasteiger partial charge in [-0.15, -0.1) is 0 Å². The fourth-order valence-corrected chi connectivity index (χ4v) is 7.65. The highest BCUT2D eigenvalue weighted by Gasteiger charge is 2.63. The van der Waals surface area contributed by atoms with E-state index in [1.165, 1.54) is 30.4 Å². The molecule has 4 aliphatic carbocycles. The molecule has 3 N–H and O–H groups in total. The summed E-state index contributed by atoms with van der Waals surface area (Å²) >= 11 is 0. The summed E-state index contributed by atoms with van der Waals surface area (Å²) in [5.41, 5.74) is 10.6. The first-order valence-corrected chi connectivity index (χ1v) is 12.6. The zero-order chi connectivity index (χ0) is 21.9. The summed E-state index contributed by atoms with van der Waals surface area (Å²) in [4.78, 5) is 0. The van der Waals surface area contributed by atoms with Crippen LogP contribution in [-0.4, -0.2) is 16.7 Å². The molecular formula is C28H45NO. The van der Waals surface area contributed by atoms with E-state index in [0.29, 0.717) is 29.6 Å². The normalized spacial score (nSPS) is 45.4. The van der Waals surface area contributed by atoms with Crippen LogP contribution in [0.15, 0.2) is 35.5 Å². The van der Waals surface area contributed by atoms with E-state index in [-0.39, 0.29) is 22.5 Å². The van der Waals surface area contributed by atoms with Gasteiger partial charge >= 0.3 is 0 Å². The van der Waals surface area contributed by atoms with Gasteiger partial charge < -0.3 is 10.8 Å². The summed E-state index contributed by atoms with van der Waals surface area (Å²) in [7, 11) is 0. The number of nitrogens with two attached hydrogens (primary N) is 1. The molecule has 0 amide bonds. The molecule has 1 unspecified atom stereocenters. The zero-order valence-corrected chi connectivity index (χ0v) is 20.2. The minimum atomic E-state index is -0.173. The molecule has 0 spiro atoms. The van der Waals surface area contributed by atoms with E-state index < -0.39 is 0 Å². The number of fused-ring (bicyclic) bond motifs is 5. The number of hydrogen-bond acceptors (Lipinski definition) is 2. The van der Waals surface area contributed by atoms with Crippen LogP contribution in [-0.2, 0) is 0 Å².